The van der Waals surface area contributed by atoms with Crippen LogP contribution in [0.2, 0.25) is 5.02 Å². The average molecular weight is 534 g/mol. The first kappa shape index (κ1) is 25.4. The van der Waals surface area contributed by atoms with Crippen LogP contribution in [0, 0.1) is 0 Å². The Hall–Kier alpha value is -2.66. The van der Waals surface area contributed by atoms with E-state index in [1.165, 1.54) is 28.6 Å². The highest BCUT2D eigenvalue weighted by Gasteiger charge is 2.35. The molecule has 3 amide bonds. The van der Waals surface area contributed by atoms with E-state index in [0.29, 0.717) is 23.7 Å². The van der Waals surface area contributed by atoms with Gasteiger partial charge in [-0.1, -0.05) is 42.3 Å². The fraction of sp³-hybridized carbons (Fsp3) is 0.292. The van der Waals surface area contributed by atoms with Crippen LogP contribution in [0.1, 0.15) is 35.2 Å². The first-order chi connectivity index (χ1) is 16.8. The van der Waals surface area contributed by atoms with Crippen molar-refractivity contribution in [3.8, 4) is 0 Å². The Balaban J connectivity index is 1.37. The number of carbonyl (C=O) groups is 3. The molecule has 0 aromatic heterocycles. The smallest absolute Gasteiger partial charge is 0.293 e. The Bertz CT molecular complexity index is 1290. The molecule has 0 unspecified atom stereocenters. The van der Waals surface area contributed by atoms with Crippen molar-refractivity contribution in [3.05, 3.63) is 69.6 Å². The maximum atomic E-state index is 12.9. The number of nitrogens with zero attached hydrogens (tertiary/aromatic N) is 2. The van der Waals surface area contributed by atoms with Crippen LogP contribution < -0.4 is 5.32 Å². The molecular formula is C24H24ClN3O5S2. The lowest BCUT2D eigenvalue weighted by molar-refractivity contribution is -0.122. The molecule has 35 heavy (non-hydrogen) atoms. The minimum absolute atomic E-state index is 0.0119. The second-order valence-corrected chi connectivity index (χ2v) is 11.4. The molecule has 184 valence electrons. The molecule has 0 saturated carbocycles. The maximum Gasteiger partial charge on any atom is 0.293 e. The molecule has 0 aliphatic carbocycles. The zero-order valence-electron chi connectivity index (χ0n) is 18.8. The van der Waals surface area contributed by atoms with Crippen molar-refractivity contribution in [1.29, 1.82) is 0 Å². The molecule has 1 N–H and O–H groups in total. The van der Waals surface area contributed by atoms with Crippen LogP contribution in [0.4, 0.5) is 4.79 Å². The molecule has 4 rings (SSSR count). The minimum Gasteiger partial charge on any atom is -0.350 e. The van der Waals surface area contributed by atoms with Gasteiger partial charge in [-0.25, -0.2) is 8.42 Å². The van der Waals surface area contributed by atoms with E-state index in [-0.39, 0.29) is 28.5 Å². The molecule has 2 aliphatic rings. The summed E-state index contributed by atoms with van der Waals surface area (Å²) in [6.45, 7) is 0.963. The number of sulfonamides is 1. The standard InChI is InChI=1S/C24H24ClN3O5S2/c25-20-10-3-2-7-17(20)16-21-23(30)28(24(31)34-21)14-11-26-22(29)18-8-6-9-19(15-18)35(32,33)27-12-4-1-5-13-27/h2-3,6-10,15-16H,1,4-5,11-14H2,(H,26,29). The number of amides is 3. The Morgan fingerprint density at radius 1 is 1.06 bits per heavy atom. The highest BCUT2D eigenvalue weighted by molar-refractivity contribution is 8.18. The average Bonchev–Trinajstić information content (AvgIpc) is 3.13. The summed E-state index contributed by atoms with van der Waals surface area (Å²) in [7, 11) is -3.66. The number of carbonyl (C=O) groups excluding carboxylic acids is 3. The van der Waals surface area contributed by atoms with Gasteiger partial charge in [-0.15, -0.1) is 0 Å². The van der Waals surface area contributed by atoms with Gasteiger partial charge < -0.3 is 5.32 Å². The van der Waals surface area contributed by atoms with Crippen LogP contribution in [0.5, 0.6) is 0 Å². The number of benzene rings is 2. The predicted octanol–water partition coefficient (Wildman–Crippen LogP) is 3.98. The van der Waals surface area contributed by atoms with Crippen molar-refractivity contribution in [1.82, 2.24) is 14.5 Å². The Morgan fingerprint density at radius 2 is 1.80 bits per heavy atom. The van der Waals surface area contributed by atoms with Crippen molar-refractivity contribution in [2.24, 2.45) is 0 Å². The Kier molecular flexibility index (Phi) is 7.95. The van der Waals surface area contributed by atoms with Crippen molar-refractivity contribution in [3.63, 3.8) is 0 Å². The minimum atomic E-state index is -3.66. The first-order valence-corrected chi connectivity index (χ1v) is 13.8. The molecule has 2 heterocycles. The van der Waals surface area contributed by atoms with E-state index in [1.54, 1.807) is 30.3 Å². The fourth-order valence-corrected chi connectivity index (χ4v) is 6.47. The van der Waals surface area contributed by atoms with Gasteiger partial charge in [-0.2, -0.15) is 4.31 Å². The van der Waals surface area contributed by atoms with E-state index >= 15 is 0 Å². The third kappa shape index (κ3) is 5.78. The molecular weight excluding hydrogens is 510 g/mol. The molecule has 11 heteroatoms. The number of hydrogen-bond donors (Lipinski definition) is 1. The van der Waals surface area contributed by atoms with E-state index in [1.807, 2.05) is 0 Å². The second kappa shape index (κ2) is 10.9. The number of nitrogens with one attached hydrogen (secondary N) is 1. The third-order valence-corrected chi connectivity index (χ3v) is 8.88. The summed E-state index contributed by atoms with van der Waals surface area (Å²) in [5, 5.41) is 2.69. The maximum absolute atomic E-state index is 12.9. The largest absolute Gasteiger partial charge is 0.350 e. The van der Waals surface area contributed by atoms with Gasteiger partial charge in [0.25, 0.3) is 17.1 Å². The molecule has 2 aromatic rings. The van der Waals surface area contributed by atoms with E-state index < -0.39 is 27.1 Å². The number of imide groups is 1. The quantitative estimate of drug-likeness (QED) is 0.540. The van der Waals surface area contributed by atoms with Gasteiger partial charge in [0.2, 0.25) is 10.0 Å². The number of piperidine rings is 1. The molecule has 2 saturated heterocycles. The highest BCUT2D eigenvalue weighted by Crippen LogP contribution is 2.33. The fourth-order valence-electron chi connectivity index (χ4n) is 3.86. The van der Waals surface area contributed by atoms with E-state index in [2.05, 4.69) is 5.32 Å². The van der Waals surface area contributed by atoms with E-state index in [0.717, 1.165) is 35.9 Å². The molecule has 2 aliphatic heterocycles. The summed E-state index contributed by atoms with van der Waals surface area (Å²) in [5.74, 6) is -0.942. The Morgan fingerprint density at radius 3 is 2.54 bits per heavy atom. The summed E-state index contributed by atoms with van der Waals surface area (Å²) in [5.41, 5.74) is 0.822. The molecule has 0 radical (unpaired) electrons. The predicted molar refractivity (Wildman–Crippen MR) is 136 cm³/mol. The number of thioether (sulfide) groups is 1. The summed E-state index contributed by atoms with van der Waals surface area (Å²) >= 11 is 6.95. The molecule has 2 fully saturated rings. The lowest BCUT2D eigenvalue weighted by Gasteiger charge is -2.26. The van der Waals surface area contributed by atoms with Crippen LogP contribution >= 0.6 is 23.4 Å². The molecule has 8 nitrogen and oxygen atoms in total. The molecule has 0 atom stereocenters. The molecule has 2 aromatic carbocycles. The van der Waals surface area contributed by atoms with Crippen molar-refractivity contribution in [2.75, 3.05) is 26.2 Å². The van der Waals surface area contributed by atoms with Gasteiger partial charge in [0.15, 0.2) is 0 Å². The normalized spacial score (nSPS) is 18.3. The molecule has 0 spiro atoms. The number of halogens is 1. The third-order valence-electron chi connectivity index (χ3n) is 5.74. The molecule has 0 bridgehead atoms. The second-order valence-electron chi connectivity index (χ2n) is 8.10. The first-order valence-electron chi connectivity index (χ1n) is 11.2. The zero-order chi connectivity index (χ0) is 25.0. The number of hydrogen-bond acceptors (Lipinski definition) is 6. The van der Waals surface area contributed by atoms with Crippen LogP contribution in [0.3, 0.4) is 0 Å². The van der Waals surface area contributed by atoms with Crippen LogP contribution in [0.25, 0.3) is 6.08 Å². The van der Waals surface area contributed by atoms with Crippen LogP contribution in [-0.4, -0.2) is 60.9 Å². The number of rotatable bonds is 7. The van der Waals surface area contributed by atoms with Gasteiger partial charge in [-0.05, 0) is 60.5 Å². The van der Waals surface area contributed by atoms with Gasteiger partial charge in [-0.3, -0.25) is 19.3 Å². The van der Waals surface area contributed by atoms with E-state index in [9.17, 15) is 22.8 Å². The lowest BCUT2D eigenvalue weighted by Crippen LogP contribution is -2.37. The van der Waals surface area contributed by atoms with Gasteiger partial charge in [0.1, 0.15) is 0 Å². The summed E-state index contributed by atoms with van der Waals surface area (Å²) in [6, 6.07) is 12.9. The summed E-state index contributed by atoms with van der Waals surface area (Å²) in [4.78, 5) is 39.0. The van der Waals surface area contributed by atoms with Gasteiger partial charge >= 0.3 is 0 Å². The SMILES string of the molecule is O=C(NCCN1C(=O)SC(=Cc2ccccc2Cl)C1=O)c1cccc(S(=O)(=O)N2CCCCC2)c1. The zero-order valence-corrected chi connectivity index (χ0v) is 21.2. The summed E-state index contributed by atoms with van der Waals surface area (Å²) < 4.78 is 27.3. The van der Waals surface area contributed by atoms with Crippen LogP contribution in [0.15, 0.2) is 58.3 Å². The lowest BCUT2D eigenvalue weighted by atomic mass is 10.2. The van der Waals surface area contributed by atoms with Crippen molar-refractivity contribution >= 4 is 56.5 Å². The monoisotopic (exact) mass is 533 g/mol. The van der Waals surface area contributed by atoms with Crippen molar-refractivity contribution in [2.45, 2.75) is 24.2 Å². The topological polar surface area (TPSA) is 104 Å². The highest BCUT2D eigenvalue weighted by atomic mass is 35.5. The van der Waals surface area contributed by atoms with Gasteiger partial charge in [0, 0.05) is 36.8 Å². The summed E-state index contributed by atoms with van der Waals surface area (Å²) in [6.07, 6.45) is 4.22. The van der Waals surface area contributed by atoms with Crippen LogP contribution in [-0.2, 0) is 14.8 Å². The van der Waals surface area contributed by atoms with E-state index in [4.69, 9.17) is 11.6 Å². The van der Waals surface area contributed by atoms with Crippen molar-refractivity contribution < 1.29 is 22.8 Å². The Labute approximate surface area is 213 Å². The van der Waals surface area contributed by atoms with Gasteiger partial charge in [0.05, 0.1) is 9.80 Å².